The number of phosphoric acid groups is 2. The van der Waals surface area contributed by atoms with Crippen LogP contribution in [0.5, 0.6) is 0 Å². The number of aliphatic hydroxyl groups excluding tert-OH is 1. The minimum Gasteiger partial charge on any atom is -0.462 e. The van der Waals surface area contributed by atoms with E-state index in [4.69, 9.17) is 37.0 Å². The fourth-order valence-electron chi connectivity index (χ4n) is 12.6. The van der Waals surface area contributed by atoms with Crippen molar-refractivity contribution in [3.63, 3.8) is 0 Å². The third-order valence-corrected chi connectivity index (χ3v) is 21.0. The molecule has 0 rings (SSSR count). The molecule has 101 heavy (non-hydrogen) atoms. The third-order valence-electron chi connectivity index (χ3n) is 19.1. The van der Waals surface area contributed by atoms with Crippen molar-refractivity contribution in [3.8, 4) is 0 Å². The first-order valence-electron chi connectivity index (χ1n) is 42.2. The van der Waals surface area contributed by atoms with E-state index in [0.29, 0.717) is 31.6 Å². The summed E-state index contributed by atoms with van der Waals surface area (Å²) in [4.78, 5) is 73.0. The molecule has 0 saturated heterocycles. The maximum Gasteiger partial charge on any atom is 0.472 e. The highest BCUT2D eigenvalue weighted by Crippen LogP contribution is 2.45. The van der Waals surface area contributed by atoms with Crippen molar-refractivity contribution in [1.29, 1.82) is 0 Å². The lowest BCUT2D eigenvalue weighted by atomic mass is 10.0. The van der Waals surface area contributed by atoms with E-state index in [1.165, 1.54) is 218 Å². The van der Waals surface area contributed by atoms with Gasteiger partial charge in [-0.25, -0.2) is 9.13 Å². The fraction of sp³-hybridized carbons (Fsp3) is 0.951. The second kappa shape index (κ2) is 71.0. The van der Waals surface area contributed by atoms with Gasteiger partial charge in [-0.1, -0.05) is 370 Å². The Balaban J connectivity index is 5.17. The lowest BCUT2D eigenvalue weighted by Gasteiger charge is -2.21. The van der Waals surface area contributed by atoms with E-state index in [9.17, 15) is 43.2 Å². The summed E-state index contributed by atoms with van der Waals surface area (Å²) in [7, 11) is -9.92. The molecule has 0 bridgehead atoms. The quantitative estimate of drug-likeness (QED) is 0.0222. The van der Waals surface area contributed by atoms with E-state index >= 15 is 0 Å². The van der Waals surface area contributed by atoms with Crippen LogP contribution in [0.15, 0.2) is 0 Å². The van der Waals surface area contributed by atoms with Gasteiger partial charge in [-0.05, 0) is 49.4 Å². The number of carbonyl (C=O) groups is 4. The Morgan fingerprint density at radius 3 is 0.614 bits per heavy atom. The molecule has 3 N–H and O–H groups in total. The zero-order chi connectivity index (χ0) is 74.6. The summed E-state index contributed by atoms with van der Waals surface area (Å²) in [6.07, 6.45) is 58.6. The van der Waals surface area contributed by atoms with E-state index in [1.54, 1.807) is 0 Å². The minimum absolute atomic E-state index is 0.107. The van der Waals surface area contributed by atoms with Crippen LogP contribution in [-0.4, -0.2) is 96.7 Å². The predicted molar refractivity (Wildman–Crippen MR) is 414 cm³/mol. The molecule has 0 aliphatic carbocycles. The van der Waals surface area contributed by atoms with Gasteiger partial charge in [0, 0.05) is 25.7 Å². The first-order valence-corrected chi connectivity index (χ1v) is 45.2. The van der Waals surface area contributed by atoms with Crippen LogP contribution < -0.4 is 0 Å². The van der Waals surface area contributed by atoms with E-state index < -0.39 is 97.5 Å². The molecule has 0 saturated carbocycles. The smallest absolute Gasteiger partial charge is 0.462 e. The summed E-state index contributed by atoms with van der Waals surface area (Å²) < 4.78 is 68.7. The molecule has 0 aliphatic heterocycles. The largest absolute Gasteiger partial charge is 0.472 e. The summed E-state index contributed by atoms with van der Waals surface area (Å²) >= 11 is 0. The van der Waals surface area contributed by atoms with Gasteiger partial charge >= 0.3 is 39.5 Å². The van der Waals surface area contributed by atoms with E-state index in [2.05, 4.69) is 55.4 Å². The summed E-state index contributed by atoms with van der Waals surface area (Å²) in [6, 6.07) is 0. The Morgan fingerprint density at radius 2 is 0.416 bits per heavy atom. The molecule has 0 fully saturated rings. The maximum absolute atomic E-state index is 13.1. The highest BCUT2D eigenvalue weighted by Gasteiger charge is 2.30. The van der Waals surface area contributed by atoms with Crippen LogP contribution in [0.25, 0.3) is 0 Å². The van der Waals surface area contributed by atoms with Crippen molar-refractivity contribution < 1.29 is 80.2 Å². The Labute approximate surface area is 619 Å². The number of hydrogen-bond donors (Lipinski definition) is 3. The number of hydrogen-bond acceptors (Lipinski definition) is 15. The van der Waals surface area contributed by atoms with Crippen LogP contribution in [0.3, 0.4) is 0 Å². The van der Waals surface area contributed by atoms with Gasteiger partial charge in [-0.3, -0.25) is 37.3 Å². The van der Waals surface area contributed by atoms with Gasteiger partial charge in [0.25, 0.3) is 0 Å². The average Bonchev–Trinajstić information content (AvgIpc) is 0.995. The number of esters is 4. The average molecular weight is 1480 g/mol. The fourth-order valence-corrected chi connectivity index (χ4v) is 14.2. The van der Waals surface area contributed by atoms with Crippen LogP contribution in [-0.2, 0) is 65.4 Å². The Morgan fingerprint density at radius 1 is 0.248 bits per heavy atom. The molecule has 0 spiro atoms. The van der Waals surface area contributed by atoms with Gasteiger partial charge in [-0.2, -0.15) is 0 Å². The molecule has 3 unspecified atom stereocenters. The van der Waals surface area contributed by atoms with Gasteiger partial charge in [0.1, 0.15) is 19.3 Å². The summed E-state index contributed by atoms with van der Waals surface area (Å²) in [5.41, 5.74) is 0. The van der Waals surface area contributed by atoms with Crippen molar-refractivity contribution in [1.82, 2.24) is 0 Å². The second-order valence-corrected chi connectivity index (χ2v) is 34.3. The highest BCUT2D eigenvalue weighted by molar-refractivity contribution is 7.47. The summed E-state index contributed by atoms with van der Waals surface area (Å²) in [5, 5.41) is 10.6. The third kappa shape index (κ3) is 76.1. The standard InChI is InChI=1S/C82H160O17P2/c1-72(2)58-50-42-34-28-23-19-15-11-9-10-12-17-21-25-31-38-48-56-64-81(86)98-77(68-92-79(84)62-54-46-37-33-27-30-36-44-52-60-74(5)6)70-96-100(88,89)94-66-76(83)67-95-101(90,91)97-71-78(69-93-80(85)63-55-47-41-40-45-53-61-75(7)8)99-82(87)65-57-49-39-32-26-22-18-14-13-16-20-24-29-35-43-51-59-73(3)4/h72-78,83H,9-71H2,1-8H3,(H,88,89)(H,90,91)/t76?,77-,78-/m1/s1. The molecular weight excluding hydrogens is 1320 g/mol. The molecule has 0 aromatic heterocycles. The topological polar surface area (TPSA) is 237 Å². The lowest BCUT2D eigenvalue weighted by molar-refractivity contribution is -0.161. The zero-order valence-corrected chi connectivity index (χ0v) is 68.3. The van der Waals surface area contributed by atoms with Gasteiger partial charge in [0.2, 0.25) is 0 Å². The SMILES string of the molecule is CC(C)CCCCCCCCCCCCCCCCCCCCC(=O)O[C@H](COC(=O)CCCCCCCCCCCC(C)C)COP(=O)(O)OCC(O)COP(=O)(O)OC[C@@H](COC(=O)CCCCCCCCC(C)C)OC(=O)CCCCCCCCCCCCCCCCCCC(C)C. The van der Waals surface area contributed by atoms with Gasteiger partial charge in [0.05, 0.1) is 26.4 Å². The normalized spacial score (nSPS) is 14.0. The van der Waals surface area contributed by atoms with Crippen molar-refractivity contribution in [2.75, 3.05) is 39.6 Å². The first kappa shape index (κ1) is 99.1. The van der Waals surface area contributed by atoms with Crippen molar-refractivity contribution >= 4 is 39.5 Å². The molecule has 19 heteroatoms. The predicted octanol–water partition coefficient (Wildman–Crippen LogP) is 24.4. The maximum atomic E-state index is 13.1. The Kier molecular flexibility index (Phi) is 69.6. The number of carbonyl (C=O) groups excluding carboxylic acids is 4. The lowest BCUT2D eigenvalue weighted by Crippen LogP contribution is -2.30. The minimum atomic E-state index is -4.96. The van der Waals surface area contributed by atoms with Crippen LogP contribution in [0.1, 0.15) is 421 Å². The summed E-state index contributed by atoms with van der Waals surface area (Å²) in [5.74, 6) is 0.937. The molecule has 5 atom stereocenters. The van der Waals surface area contributed by atoms with E-state index in [-0.39, 0.29) is 25.7 Å². The second-order valence-electron chi connectivity index (χ2n) is 31.4. The van der Waals surface area contributed by atoms with Crippen LogP contribution in [0.2, 0.25) is 0 Å². The molecule has 0 heterocycles. The number of aliphatic hydroxyl groups is 1. The summed E-state index contributed by atoms with van der Waals surface area (Å²) in [6.45, 7) is 14.2. The molecule has 0 amide bonds. The molecular formula is C82H160O17P2. The molecule has 600 valence electrons. The molecule has 0 radical (unpaired) electrons. The van der Waals surface area contributed by atoms with Crippen LogP contribution >= 0.6 is 15.6 Å². The van der Waals surface area contributed by atoms with Gasteiger partial charge < -0.3 is 33.8 Å². The molecule has 17 nitrogen and oxygen atoms in total. The monoisotopic (exact) mass is 1480 g/mol. The molecule has 0 aromatic carbocycles. The van der Waals surface area contributed by atoms with Crippen LogP contribution in [0.4, 0.5) is 0 Å². The highest BCUT2D eigenvalue weighted by atomic mass is 31.2. The number of phosphoric ester groups is 2. The molecule has 0 aromatic rings. The number of rotatable bonds is 79. The Hall–Kier alpha value is -1.94. The first-order chi connectivity index (χ1) is 48.6. The van der Waals surface area contributed by atoms with E-state index in [0.717, 1.165) is 114 Å². The Bertz CT molecular complexity index is 1970. The van der Waals surface area contributed by atoms with E-state index in [1.807, 2.05) is 0 Å². The molecule has 0 aliphatic rings. The zero-order valence-electron chi connectivity index (χ0n) is 66.5. The van der Waals surface area contributed by atoms with Gasteiger partial charge in [0.15, 0.2) is 12.2 Å². The van der Waals surface area contributed by atoms with Crippen molar-refractivity contribution in [2.24, 2.45) is 23.7 Å². The van der Waals surface area contributed by atoms with Crippen molar-refractivity contribution in [3.05, 3.63) is 0 Å². The number of unbranched alkanes of at least 4 members (excludes halogenated alkanes) is 45. The van der Waals surface area contributed by atoms with Crippen molar-refractivity contribution in [2.45, 2.75) is 440 Å². The van der Waals surface area contributed by atoms with Gasteiger partial charge in [-0.15, -0.1) is 0 Å². The number of ether oxygens (including phenoxy) is 4. The van der Waals surface area contributed by atoms with Crippen LogP contribution in [0, 0.1) is 23.7 Å².